The zero-order valence-corrected chi connectivity index (χ0v) is 14.6. The Morgan fingerprint density at radius 2 is 2.05 bits per heavy atom. The minimum absolute atomic E-state index is 0.0160. The van der Waals surface area contributed by atoms with E-state index in [1.54, 1.807) is 0 Å². The van der Waals surface area contributed by atoms with Gasteiger partial charge in [-0.1, -0.05) is 0 Å². The molecule has 2 rings (SSSR count). The molecular weight excluding hydrogens is 304 g/mol. The molecule has 2 heterocycles. The van der Waals surface area contributed by atoms with E-state index in [2.05, 4.69) is 39.3 Å². The molecule has 1 aliphatic rings. The van der Waals surface area contributed by atoms with E-state index in [0.29, 0.717) is 25.6 Å². The lowest BCUT2D eigenvalue weighted by Crippen LogP contribution is -2.44. The molecule has 0 bridgehead atoms. The van der Waals surface area contributed by atoms with E-state index in [4.69, 9.17) is 9.47 Å². The smallest absolute Gasteiger partial charge is 0.270 e. The third-order valence-corrected chi connectivity index (χ3v) is 4.30. The van der Waals surface area contributed by atoms with Crippen LogP contribution in [-0.4, -0.2) is 76.9 Å². The fourth-order valence-electron chi connectivity index (χ4n) is 2.05. The van der Waals surface area contributed by atoms with Crippen molar-refractivity contribution >= 4 is 17.5 Å². The Morgan fingerprint density at radius 3 is 2.68 bits per heavy atom. The molecule has 1 aromatic rings. The number of nitrogens with zero attached hydrogens (tertiary/aromatic N) is 4. The molecule has 0 saturated carbocycles. The summed E-state index contributed by atoms with van der Waals surface area (Å²) in [5, 5.41) is 10.1. The summed E-state index contributed by atoms with van der Waals surface area (Å²) >= 11 is 1.13. The minimum Gasteiger partial charge on any atom is -0.472 e. The topological polar surface area (TPSA) is 71.0 Å². The number of aliphatic hydroxyl groups excluding tert-OH is 1. The third kappa shape index (κ3) is 4.77. The molecule has 0 aliphatic carbocycles. The highest BCUT2D eigenvalue weighted by Crippen LogP contribution is 2.26. The van der Waals surface area contributed by atoms with Crippen LogP contribution in [0.3, 0.4) is 0 Å². The third-order valence-electron chi connectivity index (χ3n) is 3.80. The molecular formula is C14H26N4O3S. The van der Waals surface area contributed by atoms with Crippen LogP contribution in [0.15, 0.2) is 0 Å². The van der Waals surface area contributed by atoms with Gasteiger partial charge in [0.2, 0.25) is 5.82 Å². The second kappa shape index (κ2) is 7.54. The Hall–Kier alpha value is -0.960. The summed E-state index contributed by atoms with van der Waals surface area (Å²) in [4.78, 5) is 4.21. The van der Waals surface area contributed by atoms with Crippen LogP contribution in [0.25, 0.3) is 0 Å². The molecule has 1 aliphatic heterocycles. The summed E-state index contributed by atoms with van der Waals surface area (Å²) in [5.74, 6) is 1.26. The second-order valence-corrected chi connectivity index (χ2v) is 7.04. The maximum Gasteiger partial charge on any atom is 0.270 e. The van der Waals surface area contributed by atoms with Crippen LogP contribution >= 0.6 is 11.7 Å². The predicted octanol–water partition coefficient (Wildman–Crippen LogP) is 0.845. The maximum absolute atomic E-state index is 10.1. The van der Waals surface area contributed by atoms with Crippen LogP contribution in [0, 0.1) is 0 Å². The van der Waals surface area contributed by atoms with Gasteiger partial charge in [0.05, 0.1) is 24.9 Å². The molecule has 0 amide bonds. The SMILES string of the molecule is CN(C[C@H](O)COc1nsnc1N1CCOCC1)C(C)(C)C. The summed E-state index contributed by atoms with van der Waals surface area (Å²) in [6.07, 6.45) is -0.566. The Balaban J connectivity index is 1.85. The Bertz CT molecular complexity index is 457. The van der Waals surface area contributed by atoms with Crippen LogP contribution in [0.1, 0.15) is 20.8 Å². The zero-order chi connectivity index (χ0) is 16.2. The van der Waals surface area contributed by atoms with Crippen molar-refractivity contribution < 1.29 is 14.6 Å². The van der Waals surface area contributed by atoms with Crippen molar-refractivity contribution in [3.8, 4) is 5.88 Å². The van der Waals surface area contributed by atoms with E-state index < -0.39 is 6.10 Å². The number of morpholine rings is 1. The number of hydrogen-bond donors (Lipinski definition) is 1. The van der Waals surface area contributed by atoms with E-state index in [0.717, 1.165) is 30.6 Å². The number of rotatable bonds is 6. The zero-order valence-electron chi connectivity index (χ0n) is 13.8. The van der Waals surface area contributed by atoms with Gasteiger partial charge < -0.3 is 19.5 Å². The van der Waals surface area contributed by atoms with E-state index in [1.165, 1.54) is 0 Å². The highest BCUT2D eigenvalue weighted by atomic mass is 32.1. The van der Waals surface area contributed by atoms with Gasteiger partial charge in [-0.3, -0.25) is 4.90 Å². The van der Waals surface area contributed by atoms with Gasteiger partial charge in [-0.15, -0.1) is 4.37 Å². The molecule has 7 nitrogen and oxygen atoms in total. The molecule has 1 atom stereocenters. The minimum atomic E-state index is -0.566. The number of β-amino-alcohol motifs (C(OH)–C–C–N with tert-alkyl or cyclic N) is 1. The quantitative estimate of drug-likeness (QED) is 0.829. The molecule has 0 aromatic carbocycles. The van der Waals surface area contributed by atoms with Gasteiger partial charge >= 0.3 is 0 Å². The molecule has 0 spiro atoms. The molecule has 1 aromatic heterocycles. The summed E-state index contributed by atoms with van der Waals surface area (Å²) < 4.78 is 19.5. The van der Waals surface area contributed by atoms with Gasteiger partial charge in [-0.25, -0.2) is 0 Å². The number of aromatic nitrogens is 2. The van der Waals surface area contributed by atoms with E-state index in [1.807, 2.05) is 7.05 Å². The van der Waals surface area contributed by atoms with Crippen LogP contribution in [-0.2, 0) is 4.74 Å². The standard InChI is InChI=1S/C14H26N4O3S/c1-14(2,3)17(4)9-11(19)10-21-13-12(15-22-16-13)18-5-7-20-8-6-18/h11,19H,5-10H2,1-4H3/t11-/m0/s1. The molecule has 0 radical (unpaired) electrons. The molecule has 126 valence electrons. The van der Waals surface area contributed by atoms with Gasteiger partial charge in [0.15, 0.2) is 0 Å². The average molecular weight is 330 g/mol. The van der Waals surface area contributed by atoms with E-state index >= 15 is 0 Å². The van der Waals surface area contributed by atoms with Crippen LogP contribution in [0.5, 0.6) is 5.88 Å². The first-order valence-electron chi connectivity index (χ1n) is 7.55. The summed E-state index contributed by atoms with van der Waals surface area (Å²) in [6, 6.07) is 0. The summed E-state index contributed by atoms with van der Waals surface area (Å²) in [7, 11) is 1.99. The van der Waals surface area contributed by atoms with Crippen molar-refractivity contribution in [3.63, 3.8) is 0 Å². The Labute approximate surface area is 136 Å². The molecule has 1 fully saturated rings. The number of likely N-dealkylation sites (N-methyl/N-ethyl adjacent to an activating group) is 1. The maximum atomic E-state index is 10.1. The first-order valence-corrected chi connectivity index (χ1v) is 8.28. The van der Waals surface area contributed by atoms with Crippen molar-refractivity contribution in [2.45, 2.75) is 32.4 Å². The highest BCUT2D eigenvalue weighted by molar-refractivity contribution is 6.99. The number of anilines is 1. The molecule has 1 N–H and O–H groups in total. The van der Waals surface area contributed by atoms with Gasteiger partial charge in [-0.2, -0.15) is 4.37 Å². The van der Waals surface area contributed by atoms with E-state index in [-0.39, 0.29) is 12.1 Å². The second-order valence-electron chi connectivity index (χ2n) is 6.51. The van der Waals surface area contributed by atoms with Crippen molar-refractivity contribution in [3.05, 3.63) is 0 Å². The van der Waals surface area contributed by atoms with Crippen LogP contribution in [0.4, 0.5) is 5.82 Å². The first-order chi connectivity index (χ1) is 10.4. The number of ether oxygens (including phenoxy) is 2. The van der Waals surface area contributed by atoms with Gasteiger partial charge in [0.1, 0.15) is 12.7 Å². The van der Waals surface area contributed by atoms with Crippen molar-refractivity contribution in [1.82, 2.24) is 13.6 Å². The summed E-state index contributed by atoms with van der Waals surface area (Å²) in [5.41, 5.74) is 0.0160. The lowest BCUT2D eigenvalue weighted by atomic mass is 10.1. The highest BCUT2D eigenvalue weighted by Gasteiger charge is 2.23. The van der Waals surface area contributed by atoms with Crippen molar-refractivity contribution in [1.29, 1.82) is 0 Å². The number of hydrogen-bond acceptors (Lipinski definition) is 8. The van der Waals surface area contributed by atoms with Crippen LogP contribution < -0.4 is 9.64 Å². The van der Waals surface area contributed by atoms with Gasteiger partial charge in [0, 0.05) is 25.2 Å². The normalized spacial score (nSPS) is 17.8. The predicted molar refractivity (Wildman–Crippen MR) is 86.8 cm³/mol. The van der Waals surface area contributed by atoms with Crippen LogP contribution in [0.2, 0.25) is 0 Å². The molecule has 0 unspecified atom stereocenters. The largest absolute Gasteiger partial charge is 0.472 e. The van der Waals surface area contributed by atoms with E-state index in [9.17, 15) is 5.11 Å². The Kier molecular flexibility index (Phi) is 5.96. The van der Waals surface area contributed by atoms with Crippen molar-refractivity contribution in [2.24, 2.45) is 0 Å². The summed E-state index contributed by atoms with van der Waals surface area (Å²) in [6.45, 7) is 10.1. The van der Waals surface area contributed by atoms with Gasteiger partial charge in [-0.05, 0) is 27.8 Å². The monoisotopic (exact) mass is 330 g/mol. The average Bonchev–Trinajstić information content (AvgIpc) is 2.93. The molecule has 1 saturated heterocycles. The lowest BCUT2D eigenvalue weighted by Gasteiger charge is -2.33. The van der Waals surface area contributed by atoms with Gasteiger partial charge in [0.25, 0.3) is 5.88 Å². The van der Waals surface area contributed by atoms with Crippen molar-refractivity contribution in [2.75, 3.05) is 51.4 Å². The lowest BCUT2D eigenvalue weighted by molar-refractivity contribution is 0.0463. The fraction of sp³-hybridized carbons (Fsp3) is 0.857. The molecule has 22 heavy (non-hydrogen) atoms. The Morgan fingerprint density at radius 1 is 1.36 bits per heavy atom. The molecule has 8 heteroatoms. The first kappa shape index (κ1) is 17.4. The number of aliphatic hydroxyl groups is 1. The fourth-order valence-corrected chi connectivity index (χ4v) is 2.57.